The maximum absolute atomic E-state index is 12.6. The van der Waals surface area contributed by atoms with Crippen molar-refractivity contribution >= 4 is 73.7 Å². The highest BCUT2D eigenvalue weighted by Gasteiger charge is 2.15. The van der Waals surface area contributed by atoms with Crippen molar-refractivity contribution in [3.05, 3.63) is 94.0 Å². The Morgan fingerprint density at radius 2 is 1.71 bits per heavy atom. The summed E-state index contributed by atoms with van der Waals surface area (Å²) in [7, 11) is 0. The Kier molecular flexibility index (Phi) is 6.34. The number of thiazole rings is 1. The van der Waals surface area contributed by atoms with E-state index in [0.29, 0.717) is 26.5 Å². The van der Waals surface area contributed by atoms with E-state index in [4.69, 9.17) is 39.8 Å². The van der Waals surface area contributed by atoms with Gasteiger partial charge in [-0.05, 0) is 59.4 Å². The molecule has 5 nitrogen and oxygen atoms in total. The predicted molar refractivity (Wildman–Crippen MR) is 143 cm³/mol. The lowest BCUT2D eigenvalue weighted by Gasteiger charge is -2.06. The van der Waals surface area contributed by atoms with Crippen molar-refractivity contribution in [1.29, 1.82) is 0 Å². The number of fused-ring (bicyclic) bond motifs is 1. The van der Waals surface area contributed by atoms with Gasteiger partial charge in [0, 0.05) is 16.5 Å². The van der Waals surface area contributed by atoms with Gasteiger partial charge in [0.1, 0.15) is 5.76 Å². The number of nitrogens with zero attached hydrogens (tertiary/aromatic N) is 1. The summed E-state index contributed by atoms with van der Waals surface area (Å²) in [6, 6.07) is 22.7. The van der Waals surface area contributed by atoms with Crippen LogP contribution in [0, 0.1) is 0 Å². The van der Waals surface area contributed by atoms with Gasteiger partial charge in [-0.2, -0.15) is 0 Å². The Morgan fingerprint density at radius 3 is 2.53 bits per heavy atom. The second kappa shape index (κ2) is 9.56. The van der Waals surface area contributed by atoms with Crippen LogP contribution >= 0.6 is 46.8 Å². The van der Waals surface area contributed by atoms with Crippen LogP contribution in [0.3, 0.4) is 0 Å². The second-order valence-electron chi connectivity index (χ2n) is 7.30. The number of benzene rings is 3. The van der Waals surface area contributed by atoms with Crippen LogP contribution < -0.4 is 10.6 Å². The smallest absolute Gasteiger partial charge is 0.293 e. The number of carbonyl (C=O) groups is 1. The third-order valence-electron chi connectivity index (χ3n) is 5.03. The topological polar surface area (TPSA) is 67.2 Å². The van der Waals surface area contributed by atoms with E-state index in [9.17, 15) is 4.79 Å². The highest BCUT2D eigenvalue weighted by atomic mass is 35.5. The molecule has 0 spiro atoms. The van der Waals surface area contributed by atoms with Gasteiger partial charge < -0.3 is 9.73 Å². The first kappa shape index (κ1) is 22.6. The summed E-state index contributed by atoms with van der Waals surface area (Å²) >= 11 is 18.7. The molecule has 0 aliphatic heterocycles. The number of hydrogen-bond acceptors (Lipinski definition) is 5. The zero-order valence-corrected chi connectivity index (χ0v) is 20.5. The van der Waals surface area contributed by atoms with Crippen molar-refractivity contribution in [1.82, 2.24) is 10.3 Å². The fourth-order valence-corrected chi connectivity index (χ4v) is 4.65. The molecule has 168 valence electrons. The first-order valence-corrected chi connectivity index (χ1v) is 12.1. The number of furan rings is 1. The molecule has 0 radical (unpaired) electrons. The second-order valence-corrected chi connectivity index (χ2v) is 9.38. The molecule has 2 heterocycles. The zero-order valence-electron chi connectivity index (χ0n) is 17.3. The van der Waals surface area contributed by atoms with E-state index in [1.807, 2.05) is 23.6 Å². The maximum atomic E-state index is 12.6. The van der Waals surface area contributed by atoms with E-state index in [1.165, 1.54) is 16.7 Å². The van der Waals surface area contributed by atoms with E-state index in [-0.39, 0.29) is 10.9 Å². The molecule has 5 rings (SSSR count). The average molecular weight is 524 g/mol. The summed E-state index contributed by atoms with van der Waals surface area (Å²) in [6.45, 7) is 0. The molecule has 0 fully saturated rings. The normalized spacial score (nSPS) is 10.9. The fraction of sp³-hybridized carbons (Fsp3) is 0. The molecule has 0 unspecified atom stereocenters. The Bertz CT molecular complexity index is 1540. The number of hydrogen-bond donors (Lipinski definition) is 2. The molecular weight excluding hydrogens is 509 g/mol. The van der Waals surface area contributed by atoms with Crippen LogP contribution in [0.4, 0.5) is 5.13 Å². The summed E-state index contributed by atoms with van der Waals surface area (Å²) in [5.74, 6) is 0.124. The van der Waals surface area contributed by atoms with Crippen LogP contribution in [-0.2, 0) is 0 Å². The lowest BCUT2D eigenvalue weighted by Crippen LogP contribution is -2.33. The van der Waals surface area contributed by atoms with Gasteiger partial charge in [0.25, 0.3) is 5.91 Å². The molecule has 0 atom stereocenters. The largest absolute Gasteiger partial charge is 0.451 e. The van der Waals surface area contributed by atoms with Gasteiger partial charge in [0.05, 0.1) is 15.7 Å². The molecule has 0 saturated carbocycles. The van der Waals surface area contributed by atoms with Crippen molar-refractivity contribution in [2.24, 2.45) is 0 Å². The van der Waals surface area contributed by atoms with E-state index < -0.39 is 5.91 Å². The number of anilines is 1. The number of carbonyl (C=O) groups excluding carboxylic acids is 1. The molecule has 0 aliphatic carbocycles. The Morgan fingerprint density at radius 1 is 0.912 bits per heavy atom. The molecule has 3 aromatic carbocycles. The molecule has 2 aromatic heterocycles. The Hall–Kier alpha value is -3.23. The van der Waals surface area contributed by atoms with E-state index in [2.05, 4.69) is 39.9 Å². The lowest BCUT2D eigenvalue weighted by atomic mass is 10.1. The van der Waals surface area contributed by atoms with Gasteiger partial charge in [-0.1, -0.05) is 59.6 Å². The molecular formula is C25H15Cl2N3O2S2. The summed E-state index contributed by atoms with van der Waals surface area (Å²) in [4.78, 5) is 17.2. The minimum absolute atomic E-state index is 0.112. The maximum Gasteiger partial charge on any atom is 0.293 e. The third kappa shape index (κ3) is 4.83. The predicted octanol–water partition coefficient (Wildman–Crippen LogP) is 7.66. The SMILES string of the molecule is O=C(NC(=S)Nc1nc(-c2ccc3ccccc3c2)cs1)c1ccc(-c2ccc(Cl)c(Cl)c2)o1. The lowest BCUT2D eigenvalue weighted by molar-refractivity contribution is 0.0951. The summed E-state index contributed by atoms with van der Waals surface area (Å²) in [5.41, 5.74) is 2.53. The molecule has 34 heavy (non-hydrogen) atoms. The number of thiocarbonyl (C=S) groups is 1. The van der Waals surface area contributed by atoms with Crippen LogP contribution in [0.5, 0.6) is 0 Å². The van der Waals surface area contributed by atoms with Crippen molar-refractivity contribution in [3.8, 4) is 22.6 Å². The number of aromatic nitrogens is 1. The molecule has 5 aromatic rings. The molecule has 2 N–H and O–H groups in total. The highest BCUT2D eigenvalue weighted by Crippen LogP contribution is 2.30. The Labute approximate surface area is 214 Å². The average Bonchev–Trinajstić information content (AvgIpc) is 3.51. The number of halogens is 2. The van der Waals surface area contributed by atoms with Gasteiger partial charge in [0.15, 0.2) is 16.0 Å². The fourth-order valence-electron chi connectivity index (χ4n) is 3.37. The van der Waals surface area contributed by atoms with Crippen LogP contribution in [0.25, 0.3) is 33.4 Å². The van der Waals surface area contributed by atoms with Crippen LogP contribution in [0.1, 0.15) is 10.6 Å². The quantitative estimate of drug-likeness (QED) is 0.236. The molecule has 0 bridgehead atoms. The molecule has 0 saturated heterocycles. The number of nitrogens with one attached hydrogen (secondary N) is 2. The van der Waals surface area contributed by atoms with Crippen molar-refractivity contribution in [3.63, 3.8) is 0 Å². The number of amides is 1. The standard InChI is InChI=1S/C25H15Cl2N3O2S2/c26-18-8-7-17(12-19(18)27)21-9-10-22(32-21)23(31)29-24(33)30-25-28-20(13-34-25)16-6-5-14-3-1-2-4-15(14)11-16/h1-13H,(H2,28,29,30,31,33). The molecule has 9 heteroatoms. The molecule has 0 aliphatic rings. The van der Waals surface area contributed by atoms with Crippen LogP contribution in [-0.4, -0.2) is 16.0 Å². The van der Waals surface area contributed by atoms with Crippen LogP contribution in [0.15, 0.2) is 82.6 Å². The van der Waals surface area contributed by atoms with E-state index in [0.717, 1.165) is 16.6 Å². The van der Waals surface area contributed by atoms with Gasteiger partial charge in [-0.15, -0.1) is 11.3 Å². The van der Waals surface area contributed by atoms with E-state index in [1.54, 1.807) is 30.3 Å². The van der Waals surface area contributed by atoms with Crippen LogP contribution in [0.2, 0.25) is 10.0 Å². The molecule has 1 amide bonds. The third-order valence-corrected chi connectivity index (χ3v) is 6.73. The minimum atomic E-state index is -0.477. The summed E-state index contributed by atoms with van der Waals surface area (Å²) in [6.07, 6.45) is 0. The minimum Gasteiger partial charge on any atom is -0.451 e. The Balaban J connectivity index is 1.24. The first-order chi connectivity index (χ1) is 16.5. The monoisotopic (exact) mass is 523 g/mol. The summed E-state index contributed by atoms with van der Waals surface area (Å²) in [5, 5.41) is 11.4. The van der Waals surface area contributed by atoms with Crippen molar-refractivity contribution in [2.45, 2.75) is 0 Å². The van der Waals surface area contributed by atoms with Gasteiger partial charge in [-0.25, -0.2) is 4.98 Å². The van der Waals surface area contributed by atoms with Gasteiger partial charge in [-0.3, -0.25) is 10.1 Å². The van der Waals surface area contributed by atoms with Gasteiger partial charge >= 0.3 is 0 Å². The zero-order chi connectivity index (χ0) is 23.7. The van der Waals surface area contributed by atoms with Crippen molar-refractivity contribution in [2.75, 3.05) is 5.32 Å². The van der Waals surface area contributed by atoms with Gasteiger partial charge in [0.2, 0.25) is 0 Å². The van der Waals surface area contributed by atoms with Crippen molar-refractivity contribution < 1.29 is 9.21 Å². The highest BCUT2D eigenvalue weighted by molar-refractivity contribution is 7.80. The number of rotatable bonds is 4. The summed E-state index contributed by atoms with van der Waals surface area (Å²) < 4.78 is 5.66. The van der Waals surface area contributed by atoms with E-state index >= 15 is 0 Å². The first-order valence-electron chi connectivity index (χ1n) is 10.1.